The summed E-state index contributed by atoms with van der Waals surface area (Å²) in [7, 11) is 0. The Labute approximate surface area is 91.5 Å². The van der Waals surface area contributed by atoms with Gasteiger partial charge in [-0.25, -0.2) is 0 Å². The van der Waals surface area contributed by atoms with Crippen molar-refractivity contribution in [1.82, 2.24) is 0 Å². The Bertz CT molecular complexity index is 307. The van der Waals surface area contributed by atoms with Gasteiger partial charge in [-0.1, -0.05) is 31.5 Å². The normalized spacial score (nSPS) is 13.0. The molecule has 1 aromatic rings. The van der Waals surface area contributed by atoms with E-state index in [1.54, 1.807) is 0 Å². The van der Waals surface area contributed by atoms with Gasteiger partial charge < -0.3 is 5.32 Å². The van der Waals surface area contributed by atoms with E-state index in [0.29, 0.717) is 12.0 Å². The molecule has 2 heteroatoms. The topological polar surface area (TPSA) is 12.0 Å². The molecule has 1 rings (SSSR count). The molecule has 1 aromatic carbocycles. The Morgan fingerprint density at radius 3 is 2.43 bits per heavy atom. The second-order valence-electron chi connectivity index (χ2n) is 4.16. The van der Waals surface area contributed by atoms with Crippen molar-refractivity contribution in [2.24, 2.45) is 5.92 Å². The highest BCUT2D eigenvalue weighted by molar-refractivity contribution is 6.33. The van der Waals surface area contributed by atoms with Gasteiger partial charge in [-0.15, -0.1) is 0 Å². The first-order valence-electron chi connectivity index (χ1n) is 5.03. The Hall–Kier alpha value is -0.690. The Balaban J connectivity index is 2.80. The number of rotatable bonds is 3. The van der Waals surface area contributed by atoms with Crippen molar-refractivity contribution in [1.29, 1.82) is 0 Å². The van der Waals surface area contributed by atoms with E-state index in [1.165, 1.54) is 5.56 Å². The van der Waals surface area contributed by atoms with Crippen LogP contribution in [0.2, 0.25) is 5.02 Å². The molecule has 0 saturated heterocycles. The van der Waals surface area contributed by atoms with Gasteiger partial charge in [0.25, 0.3) is 0 Å². The van der Waals surface area contributed by atoms with Crippen LogP contribution in [0.15, 0.2) is 18.2 Å². The minimum absolute atomic E-state index is 0.439. The van der Waals surface area contributed by atoms with Gasteiger partial charge in [0.2, 0.25) is 0 Å². The number of hydrogen-bond acceptors (Lipinski definition) is 1. The smallest absolute Gasteiger partial charge is 0.0637 e. The summed E-state index contributed by atoms with van der Waals surface area (Å²) in [6.45, 7) is 8.63. The number of nitrogens with one attached hydrogen (secondary N) is 1. The van der Waals surface area contributed by atoms with Crippen LogP contribution >= 0.6 is 11.6 Å². The molecule has 0 aliphatic heterocycles. The van der Waals surface area contributed by atoms with Crippen LogP contribution in [0, 0.1) is 12.8 Å². The summed E-state index contributed by atoms with van der Waals surface area (Å²) in [5, 5.41) is 4.21. The molecule has 0 saturated carbocycles. The number of anilines is 1. The molecule has 1 unspecified atom stereocenters. The summed E-state index contributed by atoms with van der Waals surface area (Å²) < 4.78 is 0. The van der Waals surface area contributed by atoms with Gasteiger partial charge in [0.1, 0.15) is 0 Å². The van der Waals surface area contributed by atoms with Crippen LogP contribution in [0.1, 0.15) is 26.3 Å². The van der Waals surface area contributed by atoms with Crippen molar-refractivity contribution in [3.8, 4) is 0 Å². The number of hydrogen-bond donors (Lipinski definition) is 1. The summed E-state index contributed by atoms with van der Waals surface area (Å²) in [5.74, 6) is 0.603. The van der Waals surface area contributed by atoms with E-state index < -0.39 is 0 Å². The van der Waals surface area contributed by atoms with Crippen LogP contribution in [-0.2, 0) is 0 Å². The van der Waals surface area contributed by atoms with E-state index in [9.17, 15) is 0 Å². The van der Waals surface area contributed by atoms with Crippen LogP contribution in [0.5, 0.6) is 0 Å². The molecule has 0 radical (unpaired) electrons. The molecule has 0 spiro atoms. The van der Waals surface area contributed by atoms with E-state index in [1.807, 2.05) is 12.1 Å². The monoisotopic (exact) mass is 211 g/mol. The van der Waals surface area contributed by atoms with E-state index in [4.69, 9.17) is 11.6 Å². The third kappa shape index (κ3) is 2.91. The third-order valence-electron chi connectivity index (χ3n) is 2.51. The van der Waals surface area contributed by atoms with Gasteiger partial charge in [-0.3, -0.25) is 0 Å². The average Bonchev–Trinajstić information content (AvgIpc) is 2.11. The SMILES string of the molecule is Cc1ccc(Cl)c(NC(C)C(C)C)c1. The summed E-state index contributed by atoms with van der Waals surface area (Å²) in [4.78, 5) is 0. The first-order chi connectivity index (χ1) is 6.50. The zero-order chi connectivity index (χ0) is 10.7. The Morgan fingerprint density at radius 1 is 1.21 bits per heavy atom. The molecular weight excluding hydrogens is 194 g/mol. The molecule has 14 heavy (non-hydrogen) atoms. The molecule has 0 aromatic heterocycles. The van der Waals surface area contributed by atoms with Crippen molar-refractivity contribution in [3.63, 3.8) is 0 Å². The molecule has 1 nitrogen and oxygen atoms in total. The number of aryl methyl sites for hydroxylation is 1. The molecule has 1 N–H and O–H groups in total. The zero-order valence-corrected chi connectivity index (χ0v) is 10.0. The predicted molar refractivity (Wildman–Crippen MR) is 64.1 cm³/mol. The third-order valence-corrected chi connectivity index (χ3v) is 2.83. The highest BCUT2D eigenvalue weighted by Crippen LogP contribution is 2.24. The first kappa shape index (κ1) is 11.4. The van der Waals surface area contributed by atoms with E-state index in [-0.39, 0.29) is 0 Å². The maximum atomic E-state index is 6.08. The van der Waals surface area contributed by atoms with Crippen LogP contribution in [0.4, 0.5) is 5.69 Å². The van der Waals surface area contributed by atoms with E-state index in [2.05, 4.69) is 39.1 Å². The summed E-state index contributed by atoms with van der Waals surface area (Å²) in [6.07, 6.45) is 0. The minimum atomic E-state index is 0.439. The first-order valence-corrected chi connectivity index (χ1v) is 5.41. The zero-order valence-electron chi connectivity index (χ0n) is 9.26. The average molecular weight is 212 g/mol. The quantitative estimate of drug-likeness (QED) is 0.794. The lowest BCUT2D eigenvalue weighted by Crippen LogP contribution is -2.21. The van der Waals surface area contributed by atoms with Gasteiger partial charge >= 0.3 is 0 Å². The van der Waals surface area contributed by atoms with E-state index >= 15 is 0 Å². The maximum Gasteiger partial charge on any atom is 0.0637 e. The van der Waals surface area contributed by atoms with Crippen molar-refractivity contribution >= 4 is 17.3 Å². The van der Waals surface area contributed by atoms with Gasteiger partial charge in [0.15, 0.2) is 0 Å². The number of benzene rings is 1. The van der Waals surface area contributed by atoms with Crippen molar-refractivity contribution in [2.45, 2.75) is 33.7 Å². The fraction of sp³-hybridized carbons (Fsp3) is 0.500. The molecule has 0 aliphatic carbocycles. The van der Waals surface area contributed by atoms with Crippen molar-refractivity contribution in [2.75, 3.05) is 5.32 Å². The molecule has 0 heterocycles. The van der Waals surface area contributed by atoms with Gasteiger partial charge in [0, 0.05) is 6.04 Å². The lowest BCUT2D eigenvalue weighted by Gasteiger charge is -2.19. The van der Waals surface area contributed by atoms with Crippen LogP contribution in [-0.4, -0.2) is 6.04 Å². The molecule has 0 fully saturated rings. The lowest BCUT2D eigenvalue weighted by atomic mass is 10.1. The van der Waals surface area contributed by atoms with Gasteiger partial charge in [0.05, 0.1) is 10.7 Å². The second-order valence-corrected chi connectivity index (χ2v) is 4.57. The standard InChI is InChI=1S/C12H18ClN/c1-8(2)10(4)14-12-7-9(3)5-6-11(12)13/h5-8,10,14H,1-4H3. The van der Waals surface area contributed by atoms with Crippen LogP contribution < -0.4 is 5.32 Å². The lowest BCUT2D eigenvalue weighted by molar-refractivity contribution is 0.560. The molecular formula is C12H18ClN. The number of halogens is 1. The molecule has 78 valence electrons. The summed E-state index contributed by atoms with van der Waals surface area (Å²) in [6, 6.07) is 6.48. The highest BCUT2D eigenvalue weighted by atomic mass is 35.5. The van der Waals surface area contributed by atoms with Crippen molar-refractivity contribution < 1.29 is 0 Å². The molecule has 0 bridgehead atoms. The van der Waals surface area contributed by atoms with Crippen molar-refractivity contribution in [3.05, 3.63) is 28.8 Å². The Kier molecular flexibility index (Phi) is 3.82. The minimum Gasteiger partial charge on any atom is -0.381 e. The summed E-state index contributed by atoms with van der Waals surface area (Å²) in [5.41, 5.74) is 2.26. The summed E-state index contributed by atoms with van der Waals surface area (Å²) >= 11 is 6.08. The highest BCUT2D eigenvalue weighted by Gasteiger charge is 2.08. The predicted octanol–water partition coefficient (Wildman–Crippen LogP) is 4.10. The largest absolute Gasteiger partial charge is 0.381 e. The fourth-order valence-electron chi connectivity index (χ4n) is 1.16. The van der Waals surface area contributed by atoms with Crippen LogP contribution in [0.3, 0.4) is 0 Å². The second kappa shape index (κ2) is 4.70. The van der Waals surface area contributed by atoms with Gasteiger partial charge in [-0.05, 0) is 37.5 Å². The maximum absolute atomic E-state index is 6.08. The van der Waals surface area contributed by atoms with Gasteiger partial charge in [-0.2, -0.15) is 0 Å². The van der Waals surface area contributed by atoms with E-state index in [0.717, 1.165) is 10.7 Å². The molecule has 0 aliphatic rings. The Morgan fingerprint density at radius 2 is 1.86 bits per heavy atom. The van der Waals surface area contributed by atoms with Crippen LogP contribution in [0.25, 0.3) is 0 Å². The molecule has 0 amide bonds. The molecule has 1 atom stereocenters. The fourth-order valence-corrected chi connectivity index (χ4v) is 1.33.